The number of hydrogen-bond acceptors (Lipinski definition) is 5. The van der Waals surface area contributed by atoms with Crippen LogP contribution in [0.3, 0.4) is 0 Å². The SMILES string of the molecule is Cc1cc(-c2ccc(F)nc2)cc(-c2c(C#N)c(N)[nH]c(=O)c2C#N)c1. The summed E-state index contributed by atoms with van der Waals surface area (Å²) >= 11 is 0. The molecule has 0 saturated heterocycles. The number of H-pyrrole nitrogens is 1. The maximum Gasteiger partial charge on any atom is 0.268 e. The second-order valence-electron chi connectivity index (χ2n) is 5.67. The summed E-state index contributed by atoms with van der Waals surface area (Å²) in [6.07, 6.45) is 1.39. The van der Waals surface area contributed by atoms with E-state index in [1.54, 1.807) is 18.2 Å². The molecule has 0 atom stereocenters. The summed E-state index contributed by atoms with van der Waals surface area (Å²) in [7, 11) is 0. The van der Waals surface area contributed by atoms with Crippen LogP contribution in [0.25, 0.3) is 22.3 Å². The second-order valence-corrected chi connectivity index (χ2v) is 5.67. The number of aromatic amines is 1. The molecule has 0 aliphatic carbocycles. The van der Waals surface area contributed by atoms with E-state index in [-0.39, 0.29) is 22.5 Å². The molecule has 0 saturated carbocycles. The summed E-state index contributed by atoms with van der Waals surface area (Å²) in [5.41, 5.74) is 7.80. The summed E-state index contributed by atoms with van der Waals surface area (Å²) in [6, 6.07) is 11.9. The molecule has 2 heterocycles. The minimum atomic E-state index is -0.662. The van der Waals surface area contributed by atoms with Crippen LogP contribution < -0.4 is 11.3 Å². The van der Waals surface area contributed by atoms with Gasteiger partial charge in [0.1, 0.15) is 29.1 Å². The first kappa shape index (κ1) is 16.9. The van der Waals surface area contributed by atoms with Crippen molar-refractivity contribution in [3.63, 3.8) is 0 Å². The molecule has 3 rings (SSSR count). The number of nitrogens with zero attached hydrogens (tertiary/aromatic N) is 3. The lowest BCUT2D eigenvalue weighted by atomic mass is 9.92. The molecule has 126 valence electrons. The first-order valence-corrected chi connectivity index (χ1v) is 7.54. The van der Waals surface area contributed by atoms with Gasteiger partial charge in [0.2, 0.25) is 5.95 Å². The quantitative estimate of drug-likeness (QED) is 0.692. The van der Waals surface area contributed by atoms with Crippen molar-refractivity contribution in [2.45, 2.75) is 6.92 Å². The van der Waals surface area contributed by atoms with E-state index >= 15 is 0 Å². The molecule has 0 radical (unpaired) electrons. The molecule has 7 heteroatoms. The smallest absolute Gasteiger partial charge is 0.268 e. The number of anilines is 1. The van der Waals surface area contributed by atoms with Gasteiger partial charge in [-0.25, -0.2) is 4.98 Å². The van der Waals surface area contributed by atoms with Gasteiger partial charge in [0.05, 0.1) is 0 Å². The molecule has 6 nitrogen and oxygen atoms in total. The molecule has 0 fully saturated rings. The van der Waals surface area contributed by atoms with E-state index in [4.69, 9.17) is 5.73 Å². The van der Waals surface area contributed by atoms with Crippen LogP contribution in [0.1, 0.15) is 16.7 Å². The number of aromatic nitrogens is 2. The Morgan fingerprint density at radius 2 is 1.77 bits per heavy atom. The number of aryl methyl sites for hydroxylation is 1. The lowest BCUT2D eigenvalue weighted by Gasteiger charge is -2.12. The Morgan fingerprint density at radius 1 is 1.08 bits per heavy atom. The Balaban J connectivity index is 2.33. The van der Waals surface area contributed by atoms with Crippen LogP contribution in [0.2, 0.25) is 0 Å². The molecule has 0 bridgehead atoms. The van der Waals surface area contributed by atoms with Gasteiger partial charge in [-0.2, -0.15) is 14.9 Å². The van der Waals surface area contributed by atoms with Crippen LogP contribution in [-0.2, 0) is 0 Å². The molecule has 3 aromatic rings. The van der Waals surface area contributed by atoms with Crippen molar-refractivity contribution in [1.29, 1.82) is 10.5 Å². The first-order valence-electron chi connectivity index (χ1n) is 7.54. The second kappa shape index (κ2) is 6.50. The van der Waals surface area contributed by atoms with E-state index in [1.807, 2.05) is 25.1 Å². The summed E-state index contributed by atoms with van der Waals surface area (Å²) in [4.78, 5) is 18.0. The predicted octanol–water partition coefficient (Wildman–Crippen LogP) is 2.88. The summed E-state index contributed by atoms with van der Waals surface area (Å²) in [5, 5.41) is 18.8. The van der Waals surface area contributed by atoms with Crippen molar-refractivity contribution in [3.8, 4) is 34.4 Å². The van der Waals surface area contributed by atoms with Crippen molar-refractivity contribution in [3.05, 3.63) is 69.5 Å². The van der Waals surface area contributed by atoms with Gasteiger partial charge >= 0.3 is 0 Å². The van der Waals surface area contributed by atoms with E-state index in [2.05, 4.69) is 9.97 Å². The van der Waals surface area contributed by atoms with E-state index in [1.165, 1.54) is 12.3 Å². The van der Waals surface area contributed by atoms with Crippen LogP contribution in [0.15, 0.2) is 41.3 Å². The van der Waals surface area contributed by atoms with Gasteiger partial charge in [-0.15, -0.1) is 0 Å². The largest absolute Gasteiger partial charge is 0.384 e. The Kier molecular flexibility index (Phi) is 4.22. The third kappa shape index (κ3) is 2.90. The third-order valence-electron chi connectivity index (χ3n) is 3.89. The highest BCUT2D eigenvalue weighted by Crippen LogP contribution is 2.32. The van der Waals surface area contributed by atoms with Gasteiger partial charge in [-0.1, -0.05) is 12.1 Å². The van der Waals surface area contributed by atoms with E-state index < -0.39 is 11.5 Å². The lowest BCUT2D eigenvalue weighted by molar-refractivity contribution is 0.584. The Labute approximate surface area is 148 Å². The zero-order chi connectivity index (χ0) is 18.8. The number of benzene rings is 1. The zero-order valence-electron chi connectivity index (χ0n) is 13.7. The standard InChI is InChI=1S/C19H12FN5O/c1-10-4-12(11-2-3-16(20)24-9-11)6-13(5-10)17-14(7-21)18(23)25-19(26)15(17)8-22/h2-6,9H,1H3,(H3,23,25,26). The summed E-state index contributed by atoms with van der Waals surface area (Å²) < 4.78 is 13.1. The molecular formula is C19H12FN5O. The number of pyridine rings is 2. The number of nitriles is 2. The fraction of sp³-hybridized carbons (Fsp3) is 0.0526. The highest BCUT2D eigenvalue weighted by molar-refractivity contribution is 5.83. The Bertz CT molecular complexity index is 1150. The third-order valence-corrected chi connectivity index (χ3v) is 3.89. The van der Waals surface area contributed by atoms with Crippen molar-refractivity contribution in [1.82, 2.24) is 9.97 Å². The van der Waals surface area contributed by atoms with E-state index in [0.29, 0.717) is 16.7 Å². The number of rotatable bonds is 2. The number of halogens is 1. The number of nitrogens with one attached hydrogen (secondary N) is 1. The molecular weight excluding hydrogens is 333 g/mol. The van der Waals surface area contributed by atoms with Gasteiger partial charge in [0.25, 0.3) is 5.56 Å². The average Bonchev–Trinajstić information content (AvgIpc) is 2.61. The highest BCUT2D eigenvalue weighted by Gasteiger charge is 2.19. The van der Waals surface area contributed by atoms with Gasteiger partial charge in [-0.05, 0) is 41.8 Å². The molecule has 3 N–H and O–H groups in total. The lowest BCUT2D eigenvalue weighted by Crippen LogP contribution is -2.16. The fourth-order valence-electron chi connectivity index (χ4n) is 2.77. The van der Waals surface area contributed by atoms with Crippen LogP contribution in [0, 0.1) is 35.5 Å². The minimum absolute atomic E-state index is 0.0231. The molecule has 26 heavy (non-hydrogen) atoms. The van der Waals surface area contributed by atoms with Crippen molar-refractivity contribution in [2.24, 2.45) is 0 Å². The van der Waals surface area contributed by atoms with Gasteiger partial charge < -0.3 is 10.7 Å². The normalized spacial score (nSPS) is 10.2. The van der Waals surface area contributed by atoms with Crippen LogP contribution in [0.4, 0.5) is 10.2 Å². The molecule has 1 aromatic carbocycles. The maximum atomic E-state index is 13.1. The van der Waals surface area contributed by atoms with Crippen molar-refractivity contribution >= 4 is 5.82 Å². The van der Waals surface area contributed by atoms with Gasteiger partial charge in [0, 0.05) is 17.3 Å². The summed E-state index contributed by atoms with van der Waals surface area (Å²) in [6.45, 7) is 1.83. The van der Waals surface area contributed by atoms with Crippen LogP contribution >= 0.6 is 0 Å². The number of nitrogens with two attached hydrogens (primary N) is 1. The molecule has 0 aliphatic rings. The fourth-order valence-corrected chi connectivity index (χ4v) is 2.77. The first-order chi connectivity index (χ1) is 12.4. The number of hydrogen-bond donors (Lipinski definition) is 2. The number of nitrogen functional groups attached to an aromatic ring is 1. The zero-order valence-corrected chi connectivity index (χ0v) is 13.7. The monoisotopic (exact) mass is 345 g/mol. The molecule has 0 unspecified atom stereocenters. The van der Waals surface area contributed by atoms with E-state index in [9.17, 15) is 19.7 Å². The van der Waals surface area contributed by atoms with Crippen LogP contribution in [-0.4, -0.2) is 9.97 Å². The summed E-state index contributed by atoms with van der Waals surface area (Å²) in [5.74, 6) is -0.694. The molecule has 0 aliphatic heterocycles. The van der Waals surface area contributed by atoms with Crippen molar-refractivity contribution in [2.75, 3.05) is 5.73 Å². The average molecular weight is 345 g/mol. The predicted molar refractivity (Wildman–Crippen MR) is 94.3 cm³/mol. The maximum absolute atomic E-state index is 13.1. The van der Waals surface area contributed by atoms with Crippen molar-refractivity contribution < 1.29 is 4.39 Å². The highest BCUT2D eigenvalue weighted by atomic mass is 19.1. The molecule has 0 amide bonds. The minimum Gasteiger partial charge on any atom is -0.384 e. The van der Waals surface area contributed by atoms with Gasteiger partial charge in [0.15, 0.2) is 0 Å². The Morgan fingerprint density at radius 3 is 2.38 bits per heavy atom. The molecule has 2 aromatic heterocycles. The van der Waals surface area contributed by atoms with Crippen LogP contribution in [0.5, 0.6) is 0 Å². The molecule has 0 spiro atoms. The topological polar surface area (TPSA) is 119 Å². The Hall–Kier alpha value is -3.97. The van der Waals surface area contributed by atoms with E-state index in [0.717, 1.165) is 5.56 Å². The van der Waals surface area contributed by atoms with Gasteiger partial charge in [-0.3, -0.25) is 4.79 Å².